The second-order valence-corrected chi connectivity index (χ2v) is 5.04. The Morgan fingerprint density at radius 1 is 1.50 bits per heavy atom. The van der Waals surface area contributed by atoms with E-state index in [2.05, 4.69) is 13.8 Å². The van der Waals surface area contributed by atoms with E-state index in [9.17, 15) is 9.90 Å². The van der Waals surface area contributed by atoms with E-state index in [1.54, 1.807) is 12.1 Å². The third kappa shape index (κ3) is 3.89. The molecule has 0 saturated heterocycles. The van der Waals surface area contributed by atoms with Crippen molar-refractivity contribution in [1.29, 1.82) is 0 Å². The van der Waals surface area contributed by atoms with Crippen molar-refractivity contribution in [2.75, 3.05) is 18.0 Å². The molecule has 0 heterocycles. The van der Waals surface area contributed by atoms with E-state index in [1.807, 2.05) is 11.0 Å². The van der Waals surface area contributed by atoms with Gasteiger partial charge in [0.25, 0.3) is 0 Å². The molecule has 1 amide bonds. The monoisotopic (exact) mass is 270 g/mol. The standard InChI is InChI=1S/C13H19ClN2O2/c1-9(2)6-16(7-13(15)18)12-5-3-4-11(14)10(12)8-17/h3-5,9,17H,6-8H2,1-2H3,(H2,15,18). The number of rotatable bonds is 6. The highest BCUT2D eigenvalue weighted by molar-refractivity contribution is 6.31. The number of anilines is 1. The van der Waals surface area contributed by atoms with Gasteiger partial charge in [0.1, 0.15) is 0 Å². The van der Waals surface area contributed by atoms with E-state index in [4.69, 9.17) is 17.3 Å². The molecule has 3 N–H and O–H groups in total. The van der Waals surface area contributed by atoms with Crippen LogP contribution in [0.5, 0.6) is 0 Å². The summed E-state index contributed by atoms with van der Waals surface area (Å²) in [6, 6.07) is 5.35. The second-order valence-electron chi connectivity index (χ2n) is 4.64. The number of halogens is 1. The van der Waals surface area contributed by atoms with Gasteiger partial charge in [0.15, 0.2) is 0 Å². The topological polar surface area (TPSA) is 66.6 Å². The number of hydrogen-bond acceptors (Lipinski definition) is 3. The van der Waals surface area contributed by atoms with E-state index in [-0.39, 0.29) is 13.2 Å². The Morgan fingerprint density at radius 2 is 2.17 bits per heavy atom. The smallest absolute Gasteiger partial charge is 0.236 e. The van der Waals surface area contributed by atoms with Crippen LogP contribution in [-0.4, -0.2) is 24.1 Å². The fraction of sp³-hybridized carbons (Fsp3) is 0.462. The van der Waals surface area contributed by atoms with Gasteiger partial charge >= 0.3 is 0 Å². The van der Waals surface area contributed by atoms with Crippen LogP contribution < -0.4 is 10.6 Å². The fourth-order valence-corrected chi connectivity index (χ4v) is 2.11. The highest BCUT2D eigenvalue weighted by Crippen LogP contribution is 2.28. The van der Waals surface area contributed by atoms with Gasteiger partial charge < -0.3 is 15.7 Å². The number of carbonyl (C=O) groups is 1. The summed E-state index contributed by atoms with van der Waals surface area (Å²) in [7, 11) is 0. The second kappa shape index (κ2) is 6.61. The Balaban J connectivity index is 3.11. The third-order valence-electron chi connectivity index (χ3n) is 2.53. The molecule has 0 aliphatic heterocycles. The lowest BCUT2D eigenvalue weighted by Gasteiger charge is -2.27. The molecular formula is C13H19ClN2O2. The number of amides is 1. The van der Waals surface area contributed by atoms with Crippen LogP contribution in [0.4, 0.5) is 5.69 Å². The maximum atomic E-state index is 11.1. The van der Waals surface area contributed by atoms with Crippen molar-refractivity contribution in [2.24, 2.45) is 11.7 Å². The van der Waals surface area contributed by atoms with E-state index in [1.165, 1.54) is 0 Å². The normalized spacial score (nSPS) is 10.7. The number of carbonyl (C=O) groups excluding carboxylic acids is 1. The number of aliphatic hydroxyl groups is 1. The molecule has 0 fully saturated rings. The highest BCUT2D eigenvalue weighted by atomic mass is 35.5. The molecule has 0 unspecified atom stereocenters. The molecule has 0 aromatic heterocycles. The summed E-state index contributed by atoms with van der Waals surface area (Å²) in [5.74, 6) is -0.0330. The van der Waals surface area contributed by atoms with E-state index in [0.29, 0.717) is 23.0 Å². The molecule has 0 radical (unpaired) electrons. The molecular weight excluding hydrogens is 252 g/mol. The number of nitrogens with two attached hydrogens (primary N) is 1. The number of nitrogens with zero attached hydrogens (tertiary/aromatic N) is 1. The Bertz CT molecular complexity index is 421. The average molecular weight is 271 g/mol. The number of aliphatic hydroxyl groups excluding tert-OH is 1. The Labute approximate surface area is 112 Å². The van der Waals surface area contributed by atoms with E-state index < -0.39 is 5.91 Å². The van der Waals surface area contributed by atoms with Gasteiger partial charge in [-0.1, -0.05) is 31.5 Å². The summed E-state index contributed by atoms with van der Waals surface area (Å²) in [5, 5.41) is 9.88. The van der Waals surface area contributed by atoms with Gasteiger partial charge in [-0.05, 0) is 18.1 Å². The Hall–Kier alpha value is -1.26. The van der Waals surface area contributed by atoms with Crippen molar-refractivity contribution in [3.63, 3.8) is 0 Å². The molecule has 0 saturated carbocycles. The van der Waals surface area contributed by atoms with Crippen molar-refractivity contribution in [3.05, 3.63) is 28.8 Å². The lowest BCUT2D eigenvalue weighted by molar-refractivity contribution is -0.116. The van der Waals surface area contributed by atoms with E-state index >= 15 is 0 Å². The molecule has 100 valence electrons. The van der Waals surface area contributed by atoms with Crippen LogP contribution in [0.15, 0.2) is 18.2 Å². The predicted molar refractivity (Wildman–Crippen MR) is 73.6 cm³/mol. The average Bonchev–Trinajstić information content (AvgIpc) is 2.26. The molecule has 1 aromatic rings. The summed E-state index contributed by atoms with van der Waals surface area (Å²) in [4.78, 5) is 13.0. The summed E-state index contributed by atoms with van der Waals surface area (Å²) >= 11 is 6.04. The fourth-order valence-electron chi connectivity index (χ4n) is 1.88. The minimum atomic E-state index is -0.403. The minimum absolute atomic E-state index is 0.117. The zero-order valence-corrected chi connectivity index (χ0v) is 11.4. The molecule has 5 heteroatoms. The van der Waals surface area contributed by atoms with Crippen molar-refractivity contribution in [3.8, 4) is 0 Å². The summed E-state index contributed by atoms with van der Waals surface area (Å²) in [6.45, 7) is 4.73. The first-order valence-electron chi connectivity index (χ1n) is 5.87. The van der Waals surface area contributed by atoms with Gasteiger partial charge in [-0.25, -0.2) is 0 Å². The molecule has 1 aromatic carbocycles. The van der Waals surface area contributed by atoms with Gasteiger partial charge in [0.05, 0.1) is 13.2 Å². The molecule has 4 nitrogen and oxygen atoms in total. The van der Waals surface area contributed by atoms with Crippen LogP contribution in [0, 0.1) is 5.92 Å². The highest BCUT2D eigenvalue weighted by Gasteiger charge is 2.16. The van der Waals surface area contributed by atoms with Crippen LogP contribution in [0.2, 0.25) is 5.02 Å². The third-order valence-corrected chi connectivity index (χ3v) is 2.88. The SMILES string of the molecule is CC(C)CN(CC(N)=O)c1cccc(Cl)c1CO. The number of hydrogen-bond donors (Lipinski definition) is 2. The molecule has 0 aliphatic carbocycles. The van der Waals surface area contributed by atoms with Crippen LogP contribution in [-0.2, 0) is 11.4 Å². The molecule has 0 aliphatic rings. The van der Waals surface area contributed by atoms with Crippen molar-refractivity contribution in [1.82, 2.24) is 0 Å². The van der Waals surface area contributed by atoms with E-state index in [0.717, 1.165) is 5.69 Å². The first kappa shape index (κ1) is 14.8. The van der Waals surface area contributed by atoms with Crippen molar-refractivity contribution >= 4 is 23.2 Å². The van der Waals surface area contributed by atoms with Gasteiger partial charge in [0.2, 0.25) is 5.91 Å². The summed E-state index contributed by atoms with van der Waals surface area (Å²) in [6.07, 6.45) is 0. The van der Waals surface area contributed by atoms with Gasteiger partial charge in [-0.15, -0.1) is 0 Å². The molecule has 0 bridgehead atoms. The van der Waals surface area contributed by atoms with Crippen molar-refractivity contribution in [2.45, 2.75) is 20.5 Å². The summed E-state index contributed by atoms with van der Waals surface area (Å²) in [5.41, 5.74) is 6.65. The van der Waals surface area contributed by atoms with Crippen LogP contribution in [0.25, 0.3) is 0 Å². The van der Waals surface area contributed by atoms with Gasteiger partial charge in [0, 0.05) is 22.8 Å². The quantitative estimate of drug-likeness (QED) is 0.828. The number of benzene rings is 1. The molecule has 0 spiro atoms. The molecule has 18 heavy (non-hydrogen) atoms. The Kier molecular flexibility index (Phi) is 5.44. The lowest BCUT2D eigenvalue weighted by atomic mass is 10.1. The first-order valence-corrected chi connectivity index (χ1v) is 6.25. The van der Waals surface area contributed by atoms with Crippen molar-refractivity contribution < 1.29 is 9.90 Å². The number of primary amides is 1. The van der Waals surface area contributed by atoms with Gasteiger partial charge in [-0.2, -0.15) is 0 Å². The zero-order chi connectivity index (χ0) is 13.7. The van der Waals surface area contributed by atoms with Crippen LogP contribution in [0.3, 0.4) is 0 Å². The summed E-state index contributed by atoms with van der Waals surface area (Å²) < 4.78 is 0. The largest absolute Gasteiger partial charge is 0.392 e. The minimum Gasteiger partial charge on any atom is -0.392 e. The maximum Gasteiger partial charge on any atom is 0.236 e. The maximum absolute atomic E-state index is 11.1. The lowest BCUT2D eigenvalue weighted by Crippen LogP contribution is -2.36. The predicted octanol–water partition coefficient (Wildman–Crippen LogP) is 1.78. The first-order chi connectivity index (χ1) is 8.45. The van der Waals surface area contributed by atoms with Crippen LogP contribution >= 0.6 is 11.6 Å². The van der Waals surface area contributed by atoms with Gasteiger partial charge in [-0.3, -0.25) is 4.79 Å². The zero-order valence-electron chi connectivity index (χ0n) is 10.7. The Morgan fingerprint density at radius 3 is 2.67 bits per heavy atom. The molecule has 1 rings (SSSR count). The van der Waals surface area contributed by atoms with Crippen LogP contribution in [0.1, 0.15) is 19.4 Å². The molecule has 0 atom stereocenters.